The molecule has 0 aliphatic carbocycles. The van der Waals surface area contributed by atoms with Gasteiger partial charge in [0, 0.05) is 23.7 Å². The molecule has 0 fully saturated rings. The van der Waals surface area contributed by atoms with E-state index in [1.54, 1.807) is 17.7 Å². The van der Waals surface area contributed by atoms with Crippen LogP contribution in [-0.2, 0) is 13.0 Å². The molecule has 0 saturated carbocycles. The molecule has 1 aliphatic heterocycles. The van der Waals surface area contributed by atoms with Crippen molar-refractivity contribution in [3.05, 3.63) is 46.6 Å². The van der Waals surface area contributed by atoms with Gasteiger partial charge in [-0.1, -0.05) is 12.1 Å². The molecule has 1 N–H and O–H groups in total. The Morgan fingerprint density at radius 3 is 3.05 bits per heavy atom. The molecule has 22 heavy (non-hydrogen) atoms. The Kier molecular flexibility index (Phi) is 3.32. The van der Waals surface area contributed by atoms with Gasteiger partial charge in [-0.05, 0) is 43.7 Å². The van der Waals surface area contributed by atoms with Gasteiger partial charge in [0.25, 0.3) is 0 Å². The van der Waals surface area contributed by atoms with Gasteiger partial charge in [-0.3, -0.25) is 0 Å². The molecule has 5 heteroatoms. The minimum atomic E-state index is 0.928. The van der Waals surface area contributed by atoms with Crippen molar-refractivity contribution >= 4 is 33.1 Å². The van der Waals surface area contributed by atoms with E-state index in [1.807, 2.05) is 0 Å². The predicted molar refractivity (Wildman–Crippen MR) is 91.9 cm³/mol. The van der Waals surface area contributed by atoms with Crippen LogP contribution in [-0.4, -0.2) is 28.5 Å². The van der Waals surface area contributed by atoms with E-state index in [4.69, 9.17) is 0 Å². The van der Waals surface area contributed by atoms with Crippen molar-refractivity contribution in [2.75, 3.05) is 18.9 Å². The van der Waals surface area contributed by atoms with Crippen LogP contribution in [0.4, 0.5) is 11.5 Å². The Labute approximate surface area is 133 Å². The summed E-state index contributed by atoms with van der Waals surface area (Å²) >= 11 is 1.80. The van der Waals surface area contributed by atoms with Crippen molar-refractivity contribution in [3.63, 3.8) is 0 Å². The summed E-state index contributed by atoms with van der Waals surface area (Å²) < 4.78 is 0. The van der Waals surface area contributed by atoms with Crippen LogP contribution in [0.25, 0.3) is 10.2 Å². The fourth-order valence-corrected chi connectivity index (χ4v) is 4.28. The summed E-state index contributed by atoms with van der Waals surface area (Å²) in [6.45, 7) is 4.21. The van der Waals surface area contributed by atoms with Crippen molar-refractivity contribution in [3.8, 4) is 0 Å². The zero-order valence-electron chi connectivity index (χ0n) is 12.8. The topological polar surface area (TPSA) is 41.1 Å². The highest BCUT2D eigenvalue weighted by Crippen LogP contribution is 2.37. The van der Waals surface area contributed by atoms with Gasteiger partial charge in [-0.15, -0.1) is 11.3 Å². The lowest BCUT2D eigenvalue weighted by Gasteiger charge is -2.22. The van der Waals surface area contributed by atoms with Gasteiger partial charge in [0.15, 0.2) is 0 Å². The molecule has 0 atom stereocenters. The number of rotatable bonds is 2. The fraction of sp³-hybridized carbons (Fsp3) is 0.294. The maximum absolute atomic E-state index is 4.50. The quantitative estimate of drug-likeness (QED) is 0.783. The fourth-order valence-electron chi connectivity index (χ4n) is 3.01. The monoisotopic (exact) mass is 310 g/mol. The first kappa shape index (κ1) is 13.7. The van der Waals surface area contributed by atoms with E-state index >= 15 is 0 Å². The molecular formula is C17H18N4S. The molecule has 4 nitrogen and oxygen atoms in total. The standard InChI is InChI=1S/C17H18N4S/c1-11-4-3-5-12(8-11)20-16-15-13-6-7-21(2)9-14(13)22-17(15)19-10-18-16/h3-5,8,10H,6-7,9H2,1-2H3,(H,18,19,20). The number of thiophene rings is 1. The number of anilines is 2. The van der Waals surface area contributed by atoms with Crippen LogP contribution in [0.3, 0.4) is 0 Å². The Balaban J connectivity index is 1.81. The molecule has 1 aliphatic rings. The van der Waals surface area contributed by atoms with Gasteiger partial charge >= 0.3 is 0 Å². The van der Waals surface area contributed by atoms with Crippen molar-refractivity contribution < 1.29 is 0 Å². The largest absolute Gasteiger partial charge is 0.340 e. The molecule has 4 rings (SSSR count). The molecule has 0 saturated heterocycles. The molecule has 112 valence electrons. The van der Waals surface area contributed by atoms with Crippen LogP contribution in [0.15, 0.2) is 30.6 Å². The van der Waals surface area contributed by atoms with E-state index in [0.29, 0.717) is 0 Å². The minimum absolute atomic E-state index is 0.928. The number of nitrogens with one attached hydrogen (secondary N) is 1. The lowest BCUT2D eigenvalue weighted by atomic mass is 10.1. The number of hydrogen-bond donors (Lipinski definition) is 1. The number of hydrogen-bond acceptors (Lipinski definition) is 5. The van der Waals surface area contributed by atoms with E-state index in [2.05, 4.69) is 58.4 Å². The van der Waals surface area contributed by atoms with Gasteiger partial charge in [-0.25, -0.2) is 9.97 Å². The zero-order valence-corrected chi connectivity index (χ0v) is 13.6. The second-order valence-electron chi connectivity index (χ2n) is 5.89. The molecule has 3 heterocycles. The Morgan fingerprint density at radius 2 is 2.18 bits per heavy atom. The molecule has 0 unspecified atom stereocenters. The average molecular weight is 310 g/mol. The SMILES string of the molecule is Cc1cccc(Nc2ncnc3sc4c(c23)CCN(C)C4)c1. The maximum atomic E-state index is 4.50. The summed E-state index contributed by atoms with van der Waals surface area (Å²) in [6, 6.07) is 8.38. The van der Waals surface area contributed by atoms with Gasteiger partial charge in [0.05, 0.1) is 5.39 Å². The third kappa shape index (κ3) is 2.36. The first-order chi connectivity index (χ1) is 10.7. The second-order valence-corrected chi connectivity index (χ2v) is 6.97. The van der Waals surface area contributed by atoms with E-state index in [0.717, 1.165) is 35.8 Å². The van der Waals surface area contributed by atoms with Gasteiger partial charge in [0.1, 0.15) is 17.0 Å². The number of likely N-dealkylation sites (N-methyl/N-ethyl adjacent to an activating group) is 1. The summed E-state index contributed by atoms with van der Waals surface area (Å²) in [7, 11) is 2.17. The Bertz CT molecular complexity index is 840. The lowest BCUT2D eigenvalue weighted by molar-refractivity contribution is 0.318. The number of aromatic nitrogens is 2. The molecule has 0 spiro atoms. The first-order valence-electron chi connectivity index (χ1n) is 7.48. The Hall–Kier alpha value is -1.98. The highest BCUT2D eigenvalue weighted by atomic mass is 32.1. The summed E-state index contributed by atoms with van der Waals surface area (Å²) in [5.74, 6) is 0.928. The number of fused-ring (bicyclic) bond motifs is 3. The van der Waals surface area contributed by atoms with E-state index < -0.39 is 0 Å². The van der Waals surface area contributed by atoms with Gasteiger partial charge < -0.3 is 10.2 Å². The van der Waals surface area contributed by atoms with Gasteiger partial charge in [-0.2, -0.15) is 0 Å². The third-order valence-corrected chi connectivity index (χ3v) is 5.23. The van der Waals surface area contributed by atoms with Crippen LogP contribution in [0, 0.1) is 6.92 Å². The van der Waals surface area contributed by atoms with Crippen molar-refractivity contribution in [1.29, 1.82) is 0 Å². The molecule has 0 amide bonds. The minimum Gasteiger partial charge on any atom is -0.340 e. The summed E-state index contributed by atoms with van der Waals surface area (Å²) in [4.78, 5) is 13.9. The normalized spacial score (nSPS) is 15.0. The third-order valence-electron chi connectivity index (χ3n) is 4.11. The van der Waals surface area contributed by atoms with Crippen LogP contribution < -0.4 is 5.32 Å². The van der Waals surface area contributed by atoms with Crippen LogP contribution in [0.1, 0.15) is 16.0 Å². The van der Waals surface area contributed by atoms with E-state index in [1.165, 1.54) is 21.4 Å². The highest BCUT2D eigenvalue weighted by molar-refractivity contribution is 7.19. The summed E-state index contributed by atoms with van der Waals surface area (Å²) in [5.41, 5.74) is 3.74. The molecule has 3 aromatic rings. The number of aryl methyl sites for hydroxylation is 1. The van der Waals surface area contributed by atoms with Gasteiger partial charge in [0.2, 0.25) is 0 Å². The highest BCUT2D eigenvalue weighted by Gasteiger charge is 2.22. The van der Waals surface area contributed by atoms with Crippen LogP contribution in [0.2, 0.25) is 0 Å². The number of nitrogens with zero attached hydrogens (tertiary/aromatic N) is 3. The second kappa shape index (κ2) is 5.34. The van der Waals surface area contributed by atoms with E-state index in [-0.39, 0.29) is 0 Å². The number of benzene rings is 1. The van der Waals surface area contributed by atoms with Crippen molar-refractivity contribution in [2.45, 2.75) is 19.9 Å². The van der Waals surface area contributed by atoms with Crippen LogP contribution >= 0.6 is 11.3 Å². The molecule has 2 aromatic heterocycles. The maximum Gasteiger partial charge on any atom is 0.142 e. The lowest BCUT2D eigenvalue weighted by Crippen LogP contribution is -2.25. The summed E-state index contributed by atoms with van der Waals surface area (Å²) in [5, 5.41) is 4.68. The molecule has 1 aromatic carbocycles. The van der Waals surface area contributed by atoms with Crippen molar-refractivity contribution in [2.24, 2.45) is 0 Å². The Morgan fingerprint density at radius 1 is 1.27 bits per heavy atom. The van der Waals surface area contributed by atoms with Crippen molar-refractivity contribution in [1.82, 2.24) is 14.9 Å². The van der Waals surface area contributed by atoms with Crippen LogP contribution in [0.5, 0.6) is 0 Å². The zero-order chi connectivity index (χ0) is 15.1. The smallest absolute Gasteiger partial charge is 0.142 e. The molecule has 0 radical (unpaired) electrons. The average Bonchev–Trinajstić information content (AvgIpc) is 2.85. The van der Waals surface area contributed by atoms with E-state index in [9.17, 15) is 0 Å². The predicted octanol–water partition coefficient (Wildman–Crippen LogP) is 3.73. The first-order valence-corrected chi connectivity index (χ1v) is 8.30. The molecule has 0 bridgehead atoms. The summed E-state index contributed by atoms with van der Waals surface area (Å²) in [6.07, 6.45) is 2.73. The molecular weight excluding hydrogens is 292 g/mol.